The second kappa shape index (κ2) is 7.90. The molecule has 0 saturated carbocycles. The maximum Gasteiger partial charge on any atom is 0.246 e. The molecule has 1 fully saturated rings. The van der Waals surface area contributed by atoms with E-state index in [2.05, 4.69) is 24.5 Å². The van der Waals surface area contributed by atoms with E-state index in [-0.39, 0.29) is 37.1 Å². The number of rotatable bonds is 4. The Bertz CT molecular complexity index is 227. The molecule has 3 atom stereocenters. The third-order valence-electron chi connectivity index (χ3n) is 3.09. The topological polar surface area (TPSA) is 50.4 Å². The minimum absolute atomic E-state index is 0. The zero-order chi connectivity index (χ0) is 12.1. The maximum atomic E-state index is 11.6. The molecule has 1 saturated heterocycles. The second-order valence-corrected chi connectivity index (χ2v) is 4.96. The van der Waals surface area contributed by atoms with Gasteiger partial charge in [-0.2, -0.15) is 0 Å². The lowest BCUT2D eigenvalue weighted by atomic mass is 9.89. The number of carbonyl (C=O) groups excluding carboxylic acids is 1. The number of amides is 1. The van der Waals surface area contributed by atoms with Crippen molar-refractivity contribution in [1.29, 1.82) is 0 Å². The van der Waals surface area contributed by atoms with E-state index in [1.807, 2.05) is 13.8 Å². The van der Waals surface area contributed by atoms with Crippen molar-refractivity contribution in [2.24, 2.45) is 5.92 Å². The van der Waals surface area contributed by atoms with Crippen LogP contribution in [0.1, 0.15) is 34.1 Å². The summed E-state index contributed by atoms with van der Waals surface area (Å²) in [5, 5.41) is 6.42. The molecule has 102 valence electrons. The van der Waals surface area contributed by atoms with Gasteiger partial charge in [0, 0.05) is 12.1 Å². The molecule has 1 heterocycles. The third-order valence-corrected chi connectivity index (χ3v) is 3.09. The summed E-state index contributed by atoms with van der Waals surface area (Å²) in [6.45, 7) is 9.36. The lowest BCUT2D eigenvalue weighted by molar-refractivity contribution is -0.128. The van der Waals surface area contributed by atoms with Crippen molar-refractivity contribution in [2.75, 3.05) is 13.2 Å². The molecule has 1 rings (SSSR count). The van der Waals surface area contributed by atoms with Gasteiger partial charge in [0.15, 0.2) is 0 Å². The van der Waals surface area contributed by atoms with Crippen molar-refractivity contribution < 1.29 is 9.53 Å². The Labute approximate surface area is 110 Å². The van der Waals surface area contributed by atoms with E-state index in [1.165, 1.54) is 0 Å². The molecule has 0 radical (unpaired) electrons. The van der Waals surface area contributed by atoms with Crippen molar-refractivity contribution in [3.05, 3.63) is 0 Å². The van der Waals surface area contributed by atoms with Crippen LogP contribution < -0.4 is 10.6 Å². The molecule has 1 aliphatic rings. The fraction of sp³-hybridized carbons (Fsp3) is 0.917. The van der Waals surface area contributed by atoms with E-state index in [0.717, 1.165) is 13.0 Å². The predicted molar refractivity (Wildman–Crippen MR) is 71.5 cm³/mol. The van der Waals surface area contributed by atoms with Gasteiger partial charge in [-0.05, 0) is 39.7 Å². The maximum absolute atomic E-state index is 11.6. The molecule has 0 aromatic rings. The summed E-state index contributed by atoms with van der Waals surface area (Å²) in [6, 6.07) is 0.559. The van der Waals surface area contributed by atoms with Crippen molar-refractivity contribution in [3.8, 4) is 0 Å². The Morgan fingerprint density at radius 3 is 2.65 bits per heavy atom. The van der Waals surface area contributed by atoms with Gasteiger partial charge in [0.2, 0.25) is 5.91 Å². The van der Waals surface area contributed by atoms with Gasteiger partial charge < -0.3 is 15.4 Å². The zero-order valence-electron chi connectivity index (χ0n) is 11.2. The molecule has 17 heavy (non-hydrogen) atoms. The van der Waals surface area contributed by atoms with Crippen LogP contribution in [0.5, 0.6) is 0 Å². The molecule has 0 aromatic carbocycles. The molecule has 2 N–H and O–H groups in total. The molecule has 1 aliphatic heterocycles. The van der Waals surface area contributed by atoms with Gasteiger partial charge in [-0.25, -0.2) is 0 Å². The summed E-state index contributed by atoms with van der Waals surface area (Å²) in [6.07, 6.45) is 1.21. The first-order valence-corrected chi connectivity index (χ1v) is 6.15. The van der Waals surface area contributed by atoms with Crippen LogP contribution in [0.2, 0.25) is 0 Å². The van der Waals surface area contributed by atoms with Gasteiger partial charge >= 0.3 is 0 Å². The largest absolute Gasteiger partial charge is 0.369 e. The van der Waals surface area contributed by atoms with E-state index in [1.54, 1.807) is 0 Å². The van der Waals surface area contributed by atoms with Crippen molar-refractivity contribution >= 4 is 18.3 Å². The van der Waals surface area contributed by atoms with E-state index in [0.29, 0.717) is 12.0 Å². The van der Waals surface area contributed by atoms with Crippen LogP contribution in [0, 0.1) is 5.92 Å². The predicted octanol–water partition coefficient (Wildman–Crippen LogP) is 1.34. The van der Waals surface area contributed by atoms with Gasteiger partial charge in [-0.15, -0.1) is 12.4 Å². The average molecular weight is 265 g/mol. The highest BCUT2D eigenvalue weighted by Crippen LogP contribution is 2.15. The number of nitrogens with one attached hydrogen (secondary N) is 2. The SMILES string of the molecule is CC(C)OCC(=O)NC1C(C)CCNC1C.Cl. The Morgan fingerprint density at radius 1 is 1.47 bits per heavy atom. The molecular weight excluding hydrogens is 240 g/mol. The van der Waals surface area contributed by atoms with Crippen molar-refractivity contribution in [2.45, 2.75) is 52.3 Å². The van der Waals surface area contributed by atoms with Crippen LogP contribution in [0.4, 0.5) is 0 Å². The van der Waals surface area contributed by atoms with Crippen molar-refractivity contribution in [1.82, 2.24) is 10.6 Å². The summed E-state index contributed by atoms with van der Waals surface area (Å²) < 4.78 is 5.28. The Balaban J connectivity index is 0.00000256. The molecule has 5 heteroatoms. The second-order valence-electron chi connectivity index (χ2n) is 4.96. The summed E-state index contributed by atoms with van der Waals surface area (Å²) in [7, 11) is 0. The number of ether oxygens (including phenoxy) is 1. The van der Waals surface area contributed by atoms with E-state index in [4.69, 9.17) is 4.74 Å². The van der Waals surface area contributed by atoms with Gasteiger partial charge in [0.25, 0.3) is 0 Å². The minimum atomic E-state index is -0.0129. The van der Waals surface area contributed by atoms with Crippen LogP contribution in [-0.2, 0) is 9.53 Å². The normalized spacial score (nSPS) is 28.6. The Hall–Kier alpha value is -0.320. The lowest BCUT2D eigenvalue weighted by Gasteiger charge is -2.36. The molecule has 4 nitrogen and oxygen atoms in total. The highest BCUT2D eigenvalue weighted by molar-refractivity contribution is 5.85. The molecule has 0 bridgehead atoms. The van der Waals surface area contributed by atoms with Crippen LogP contribution in [0.3, 0.4) is 0 Å². The summed E-state index contributed by atoms with van der Waals surface area (Å²) in [5.41, 5.74) is 0. The lowest BCUT2D eigenvalue weighted by Crippen LogP contribution is -2.56. The number of carbonyl (C=O) groups is 1. The van der Waals surface area contributed by atoms with E-state index >= 15 is 0 Å². The van der Waals surface area contributed by atoms with Crippen LogP contribution >= 0.6 is 12.4 Å². The quantitative estimate of drug-likeness (QED) is 0.806. The third kappa shape index (κ3) is 5.70. The van der Waals surface area contributed by atoms with E-state index in [9.17, 15) is 4.79 Å². The van der Waals surface area contributed by atoms with E-state index < -0.39 is 0 Å². The van der Waals surface area contributed by atoms with Gasteiger partial charge in [0.1, 0.15) is 6.61 Å². The standard InChI is InChI=1S/C12H24N2O2.ClH/c1-8(2)16-7-11(15)14-12-9(3)5-6-13-10(12)4;/h8-10,12-13H,5-7H2,1-4H3,(H,14,15);1H. The molecule has 0 spiro atoms. The number of hydrogen-bond acceptors (Lipinski definition) is 3. The highest BCUT2D eigenvalue weighted by atomic mass is 35.5. The van der Waals surface area contributed by atoms with Crippen LogP contribution in [0.25, 0.3) is 0 Å². The molecule has 1 amide bonds. The van der Waals surface area contributed by atoms with Gasteiger partial charge in [-0.1, -0.05) is 6.92 Å². The van der Waals surface area contributed by atoms with Crippen LogP contribution in [0.15, 0.2) is 0 Å². The summed E-state index contributed by atoms with van der Waals surface area (Å²) in [5.74, 6) is 0.514. The fourth-order valence-electron chi connectivity index (χ4n) is 2.08. The molecule has 0 aliphatic carbocycles. The average Bonchev–Trinajstić information content (AvgIpc) is 2.21. The smallest absolute Gasteiger partial charge is 0.246 e. The Morgan fingerprint density at radius 2 is 2.12 bits per heavy atom. The molecule has 0 aromatic heterocycles. The monoisotopic (exact) mass is 264 g/mol. The molecule has 3 unspecified atom stereocenters. The van der Waals surface area contributed by atoms with Crippen LogP contribution in [-0.4, -0.2) is 37.2 Å². The number of piperidine rings is 1. The zero-order valence-corrected chi connectivity index (χ0v) is 12.0. The summed E-state index contributed by atoms with van der Waals surface area (Å²) >= 11 is 0. The first-order chi connectivity index (χ1) is 7.50. The summed E-state index contributed by atoms with van der Waals surface area (Å²) in [4.78, 5) is 11.6. The molecular formula is C12H25ClN2O2. The Kier molecular flexibility index (Phi) is 7.75. The van der Waals surface area contributed by atoms with Gasteiger partial charge in [0.05, 0.1) is 6.10 Å². The minimum Gasteiger partial charge on any atom is -0.369 e. The fourth-order valence-corrected chi connectivity index (χ4v) is 2.08. The van der Waals surface area contributed by atoms with Gasteiger partial charge in [-0.3, -0.25) is 4.79 Å². The number of halogens is 1. The number of hydrogen-bond donors (Lipinski definition) is 2. The first-order valence-electron chi connectivity index (χ1n) is 6.15. The first kappa shape index (κ1) is 16.7. The highest BCUT2D eigenvalue weighted by Gasteiger charge is 2.28. The van der Waals surface area contributed by atoms with Crippen molar-refractivity contribution in [3.63, 3.8) is 0 Å².